The van der Waals surface area contributed by atoms with E-state index in [-0.39, 0.29) is 22.7 Å². The van der Waals surface area contributed by atoms with Gasteiger partial charge in [-0.05, 0) is 30.3 Å². The van der Waals surface area contributed by atoms with E-state index in [1.54, 1.807) is 46.2 Å². The molecular formula is C20H15Cl2FN2O2S. The van der Waals surface area contributed by atoms with Crippen molar-refractivity contribution < 1.29 is 14.0 Å². The fourth-order valence-corrected chi connectivity index (χ4v) is 4.66. The fraction of sp³-hybridized carbons (Fsp3) is 0.200. The van der Waals surface area contributed by atoms with Crippen molar-refractivity contribution in [2.75, 3.05) is 26.2 Å². The summed E-state index contributed by atoms with van der Waals surface area (Å²) >= 11 is 13.4. The van der Waals surface area contributed by atoms with Crippen LogP contribution in [0.4, 0.5) is 4.39 Å². The number of thiophene rings is 1. The Morgan fingerprint density at radius 1 is 0.929 bits per heavy atom. The fourth-order valence-electron chi connectivity index (χ4n) is 3.24. The third-order valence-corrected chi connectivity index (χ3v) is 6.66. The second-order valence-corrected chi connectivity index (χ2v) is 8.32. The van der Waals surface area contributed by atoms with Gasteiger partial charge < -0.3 is 9.80 Å². The molecule has 1 aromatic heterocycles. The van der Waals surface area contributed by atoms with E-state index in [1.165, 1.54) is 17.4 Å². The second-order valence-electron chi connectivity index (χ2n) is 6.45. The van der Waals surface area contributed by atoms with Gasteiger partial charge in [-0.2, -0.15) is 0 Å². The molecule has 0 atom stereocenters. The van der Waals surface area contributed by atoms with Gasteiger partial charge in [-0.25, -0.2) is 4.39 Å². The monoisotopic (exact) mass is 436 g/mol. The zero-order chi connectivity index (χ0) is 19.8. The number of carbonyl (C=O) groups excluding carboxylic acids is 2. The molecule has 1 fully saturated rings. The van der Waals surface area contributed by atoms with Gasteiger partial charge in [-0.1, -0.05) is 35.3 Å². The van der Waals surface area contributed by atoms with Crippen LogP contribution in [-0.4, -0.2) is 47.8 Å². The van der Waals surface area contributed by atoms with Gasteiger partial charge in [0.1, 0.15) is 5.82 Å². The number of hydrogen-bond donors (Lipinski definition) is 0. The van der Waals surface area contributed by atoms with Crippen LogP contribution in [0.5, 0.6) is 0 Å². The third kappa shape index (κ3) is 3.48. The smallest absolute Gasteiger partial charge is 0.264 e. The Labute approximate surface area is 175 Å². The normalized spacial score (nSPS) is 14.5. The van der Waals surface area contributed by atoms with E-state index in [2.05, 4.69) is 0 Å². The molecule has 0 N–H and O–H groups in total. The number of fused-ring (bicyclic) bond motifs is 1. The average molecular weight is 437 g/mol. The van der Waals surface area contributed by atoms with E-state index in [1.807, 2.05) is 0 Å². The van der Waals surface area contributed by atoms with Crippen LogP contribution in [0.3, 0.4) is 0 Å². The quantitative estimate of drug-likeness (QED) is 0.570. The highest BCUT2D eigenvalue weighted by atomic mass is 35.5. The first kappa shape index (κ1) is 19.2. The molecule has 1 aliphatic rings. The minimum atomic E-state index is -0.332. The van der Waals surface area contributed by atoms with Crippen LogP contribution in [0.25, 0.3) is 10.1 Å². The van der Waals surface area contributed by atoms with Crippen LogP contribution in [-0.2, 0) is 0 Å². The van der Waals surface area contributed by atoms with Crippen LogP contribution in [0.15, 0.2) is 42.5 Å². The van der Waals surface area contributed by atoms with Crippen molar-refractivity contribution in [3.05, 3.63) is 68.8 Å². The first-order chi connectivity index (χ1) is 13.5. The van der Waals surface area contributed by atoms with Crippen LogP contribution in [0, 0.1) is 5.82 Å². The molecule has 4 nitrogen and oxygen atoms in total. The van der Waals surface area contributed by atoms with Gasteiger partial charge in [0, 0.05) is 36.3 Å². The van der Waals surface area contributed by atoms with Crippen LogP contribution >= 0.6 is 34.5 Å². The van der Waals surface area contributed by atoms with E-state index >= 15 is 0 Å². The Kier molecular flexibility index (Phi) is 5.27. The summed E-state index contributed by atoms with van der Waals surface area (Å²) in [6.45, 7) is 1.60. The number of amides is 2. The van der Waals surface area contributed by atoms with Crippen LogP contribution in [0.2, 0.25) is 10.0 Å². The topological polar surface area (TPSA) is 40.6 Å². The molecule has 8 heteroatoms. The van der Waals surface area contributed by atoms with Crippen molar-refractivity contribution in [3.8, 4) is 0 Å². The maximum Gasteiger partial charge on any atom is 0.264 e. The van der Waals surface area contributed by atoms with Gasteiger partial charge in [-0.15, -0.1) is 11.3 Å². The molecule has 0 aliphatic carbocycles. The van der Waals surface area contributed by atoms with Crippen molar-refractivity contribution in [2.24, 2.45) is 0 Å². The molecule has 0 saturated carbocycles. The number of rotatable bonds is 2. The van der Waals surface area contributed by atoms with Crippen LogP contribution in [0.1, 0.15) is 20.0 Å². The molecule has 2 heterocycles. The maximum atomic E-state index is 13.9. The first-order valence-electron chi connectivity index (χ1n) is 8.66. The highest BCUT2D eigenvalue weighted by Gasteiger charge is 2.27. The molecule has 0 spiro atoms. The predicted octanol–water partition coefficient (Wildman–Crippen LogP) is 4.95. The predicted molar refractivity (Wildman–Crippen MR) is 110 cm³/mol. The maximum absolute atomic E-state index is 13.9. The Morgan fingerprint density at radius 2 is 1.57 bits per heavy atom. The molecule has 2 amide bonds. The lowest BCUT2D eigenvalue weighted by Crippen LogP contribution is -2.50. The highest BCUT2D eigenvalue weighted by Crippen LogP contribution is 2.29. The average Bonchev–Trinajstić information content (AvgIpc) is 3.15. The number of carbonyl (C=O) groups is 2. The minimum Gasteiger partial charge on any atom is -0.335 e. The minimum absolute atomic E-state index is 0.145. The standard InChI is InChI=1S/C20H15Cl2FN2O2S/c21-14-4-1-3-12(18(14)22)19(26)24-7-9-25(10-8-24)20(27)17-11-13-15(23)5-2-6-16(13)28-17/h1-6,11H,7-10H2. The molecule has 4 rings (SSSR count). The summed E-state index contributed by atoms with van der Waals surface area (Å²) < 4.78 is 14.6. The van der Waals surface area contributed by atoms with Gasteiger partial charge in [0.05, 0.1) is 20.5 Å². The Hall–Kier alpha value is -2.15. The number of benzene rings is 2. The number of halogens is 3. The third-order valence-electron chi connectivity index (χ3n) is 4.76. The summed E-state index contributed by atoms with van der Waals surface area (Å²) in [5.41, 5.74) is 0.355. The largest absolute Gasteiger partial charge is 0.335 e. The summed E-state index contributed by atoms with van der Waals surface area (Å²) in [6.07, 6.45) is 0. The molecule has 0 radical (unpaired) electrons. The van der Waals surface area contributed by atoms with Crippen molar-refractivity contribution in [1.82, 2.24) is 9.80 Å². The van der Waals surface area contributed by atoms with Gasteiger partial charge in [0.15, 0.2) is 0 Å². The molecule has 2 aromatic carbocycles. The SMILES string of the molecule is O=C(c1cc2c(F)cccc2s1)N1CCN(C(=O)c2cccc(Cl)c2Cl)CC1. The lowest BCUT2D eigenvalue weighted by Gasteiger charge is -2.34. The molecule has 0 unspecified atom stereocenters. The molecule has 1 saturated heterocycles. The number of piperazine rings is 1. The summed E-state index contributed by atoms with van der Waals surface area (Å²) in [6, 6.07) is 11.4. The molecular weight excluding hydrogens is 422 g/mol. The van der Waals surface area contributed by atoms with Crippen molar-refractivity contribution >= 4 is 56.4 Å². The highest BCUT2D eigenvalue weighted by molar-refractivity contribution is 7.20. The summed E-state index contributed by atoms with van der Waals surface area (Å²) in [7, 11) is 0. The first-order valence-corrected chi connectivity index (χ1v) is 10.2. The van der Waals surface area contributed by atoms with Crippen molar-refractivity contribution in [3.63, 3.8) is 0 Å². The van der Waals surface area contributed by atoms with E-state index < -0.39 is 0 Å². The van der Waals surface area contributed by atoms with Crippen molar-refractivity contribution in [2.45, 2.75) is 0 Å². The van der Waals surface area contributed by atoms with E-state index in [9.17, 15) is 14.0 Å². The summed E-state index contributed by atoms with van der Waals surface area (Å²) in [5.74, 6) is -0.682. The Balaban J connectivity index is 1.46. The number of hydrogen-bond acceptors (Lipinski definition) is 3. The summed E-state index contributed by atoms with van der Waals surface area (Å²) in [4.78, 5) is 29.4. The van der Waals surface area contributed by atoms with Gasteiger partial charge in [0.2, 0.25) is 0 Å². The Bertz CT molecular complexity index is 1080. The zero-order valence-corrected chi connectivity index (χ0v) is 17.0. The second kappa shape index (κ2) is 7.70. The van der Waals surface area contributed by atoms with Gasteiger partial charge in [0.25, 0.3) is 11.8 Å². The molecule has 0 bridgehead atoms. The van der Waals surface area contributed by atoms with E-state index in [4.69, 9.17) is 23.2 Å². The zero-order valence-electron chi connectivity index (χ0n) is 14.6. The van der Waals surface area contributed by atoms with Gasteiger partial charge in [-0.3, -0.25) is 9.59 Å². The van der Waals surface area contributed by atoms with Crippen molar-refractivity contribution in [1.29, 1.82) is 0 Å². The lowest BCUT2D eigenvalue weighted by atomic mass is 10.1. The lowest BCUT2D eigenvalue weighted by molar-refractivity contribution is 0.0538. The summed E-state index contributed by atoms with van der Waals surface area (Å²) in [5, 5.41) is 1.03. The molecule has 3 aromatic rings. The Morgan fingerprint density at radius 3 is 2.25 bits per heavy atom. The van der Waals surface area contributed by atoms with E-state index in [0.29, 0.717) is 47.0 Å². The van der Waals surface area contributed by atoms with Crippen LogP contribution < -0.4 is 0 Å². The molecule has 144 valence electrons. The molecule has 1 aliphatic heterocycles. The van der Waals surface area contributed by atoms with E-state index in [0.717, 1.165) is 4.70 Å². The molecule has 28 heavy (non-hydrogen) atoms. The van der Waals surface area contributed by atoms with Gasteiger partial charge >= 0.3 is 0 Å². The number of nitrogens with zero attached hydrogens (tertiary/aromatic N) is 2.